The van der Waals surface area contributed by atoms with Crippen LogP contribution in [0.4, 0.5) is 13.2 Å². The third-order valence-corrected chi connectivity index (χ3v) is 2.56. The van der Waals surface area contributed by atoms with E-state index in [9.17, 15) is 18.0 Å². The average Bonchev–Trinajstić information content (AvgIpc) is 2.27. The molecule has 1 unspecified atom stereocenters. The summed E-state index contributed by atoms with van der Waals surface area (Å²) in [5.41, 5.74) is 0. The zero-order valence-corrected chi connectivity index (χ0v) is 9.37. The van der Waals surface area contributed by atoms with Gasteiger partial charge in [-0.25, -0.2) is 0 Å². The van der Waals surface area contributed by atoms with E-state index < -0.39 is 31.2 Å². The highest BCUT2D eigenvalue weighted by Crippen LogP contribution is 2.21. The lowest BCUT2D eigenvalue weighted by atomic mass is 10.0. The number of rotatable bonds is 4. The first kappa shape index (κ1) is 14.2. The second-order valence-electron chi connectivity index (χ2n) is 4.01. The molecule has 1 heterocycles. The van der Waals surface area contributed by atoms with Crippen LogP contribution in [0, 0.1) is 5.92 Å². The number of ether oxygens (including phenoxy) is 1. The molecule has 100 valence electrons. The predicted octanol–water partition coefficient (Wildman–Crippen LogP) is 0.796. The molecule has 1 atom stereocenters. The minimum atomic E-state index is -4.44. The highest BCUT2D eigenvalue weighted by molar-refractivity contribution is 5.79. The molecule has 1 saturated heterocycles. The van der Waals surface area contributed by atoms with Crippen LogP contribution in [0.1, 0.15) is 12.8 Å². The Bertz CT molecular complexity index is 252. The first-order valence-electron chi connectivity index (χ1n) is 5.48. The monoisotopic (exact) mass is 255 g/mol. The van der Waals surface area contributed by atoms with Crippen molar-refractivity contribution in [2.45, 2.75) is 19.0 Å². The van der Waals surface area contributed by atoms with Crippen LogP contribution >= 0.6 is 0 Å². The molecule has 0 aliphatic carbocycles. The Labute approximate surface area is 97.3 Å². The van der Waals surface area contributed by atoms with Crippen LogP contribution in [0.5, 0.6) is 0 Å². The number of hydrogen-bond donors (Lipinski definition) is 1. The van der Waals surface area contributed by atoms with Crippen LogP contribution in [0.25, 0.3) is 0 Å². The number of aliphatic hydroxyl groups excluding tert-OH is 1. The second kappa shape index (κ2) is 6.20. The Morgan fingerprint density at radius 1 is 1.47 bits per heavy atom. The molecule has 1 aliphatic heterocycles. The van der Waals surface area contributed by atoms with Crippen LogP contribution in [0.2, 0.25) is 0 Å². The largest absolute Gasteiger partial charge is 0.406 e. The molecule has 17 heavy (non-hydrogen) atoms. The van der Waals surface area contributed by atoms with Gasteiger partial charge in [-0.15, -0.1) is 0 Å². The van der Waals surface area contributed by atoms with Gasteiger partial charge in [-0.3, -0.25) is 4.79 Å². The van der Waals surface area contributed by atoms with Crippen molar-refractivity contribution < 1.29 is 27.8 Å². The zero-order chi connectivity index (χ0) is 12.9. The lowest BCUT2D eigenvalue weighted by Crippen LogP contribution is -2.45. The maximum atomic E-state index is 12.2. The molecule has 0 bridgehead atoms. The fourth-order valence-corrected chi connectivity index (χ4v) is 1.80. The summed E-state index contributed by atoms with van der Waals surface area (Å²) in [6.45, 7) is -1.38. The first-order valence-corrected chi connectivity index (χ1v) is 5.48. The number of carbonyl (C=O) groups excluding carboxylic acids is 1. The molecule has 0 aromatic heterocycles. The standard InChI is InChI=1S/C10H16F3NO3/c11-10(12,13)7-14(3-4-15)9(16)8-2-1-5-17-6-8/h8,15H,1-7H2. The van der Waals surface area contributed by atoms with E-state index >= 15 is 0 Å². The van der Waals surface area contributed by atoms with Crippen molar-refractivity contribution in [3.8, 4) is 0 Å². The third kappa shape index (κ3) is 4.91. The molecule has 0 spiro atoms. The van der Waals surface area contributed by atoms with E-state index in [1.54, 1.807) is 0 Å². The maximum absolute atomic E-state index is 12.2. The number of alkyl halides is 3. The van der Waals surface area contributed by atoms with Gasteiger partial charge in [-0.1, -0.05) is 0 Å². The van der Waals surface area contributed by atoms with Crippen molar-refractivity contribution in [3.05, 3.63) is 0 Å². The van der Waals surface area contributed by atoms with Crippen LogP contribution < -0.4 is 0 Å². The van der Waals surface area contributed by atoms with Crippen molar-refractivity contribution in [1.82, 2.24) is 4.90 Å². The summed E-state index contributed by atoms with van der Waals surface area (Å²) in [7, 11) is 0. The zero-order valence-electron chi connectivity index (χ0n) is 9.37. The van der Waals surface area contributed by atoms with E-state index in [0.29, 0.717) is 24.3 Å². The van der Waals surface area contributed by atoms with Gasteiger partial charge < -0.3 is 14.7 Å². The van der Waals surface area contributed by atoms with E-state index in [0.717, 1.165) is 0 Å². The molecule has 0 aromatic rings. The van der Waals surface area contributed by atoms with Gasteiger partial charge in [0.1, 0.15) is 6.54 Å². The fraction of sp³-hybridized carbons (Fsp3) is 0.900. The van der Waals surface area contributed by atoms with Gasteiger partial charge in [-0.2, -0.15) is 13.2 Å². The first-order chi connectivity index (χ1) is 7.94. The van der Waals surface area contributed by atoms with Gasteiger partial charge >= 0.3 is 6.18 Å². The number of nitrogens with zero attached hydrogens (tertiary/aromatic N) is 1. The molecular formula is C10H16F3NO3. The molecule has 0 aromatic carbocycles. The van der Waals surface area contributed by atoms with E-state index in [4.69, 9.17) is 9.84 Å². The molecule has 1 rings (SSSR count). The second-order valence-corrected chi connectivity index (χ2v) is 4.01. The van der Waals surface area contributed by atoms with Gasteiger partial charge in [0.15, 0.2) is 0 Å². The van der Waals surface area contributed by atoms with Crippen molar-refractivity contribution >= 4 is 5.91 Å². The third-order valence-electron chi connectivity index (χ3n) is 2.56. The molecule has 1 aliphatic rings. The summed E-state index contributed by atoms with van der Waals surface area (Å²) in [4.78, 5) is 12.5. The predicted molar refractivity (Wildman–Crippen MR) is 53.3 cm³/mol. The maximum Gasteiger partial charge on any atom is 0.406 e. The number of halogens is 3. The Hall–Kier alpha value is -0.820. The fourth-order valence-electron chi connectivity index (χ4n) is 1.80. The van der Waals surface area contributed by atoms with Crippen molar-refractivity contribution in [2.75, 3.05) is 32.9 Å². The van der Waals surface area contributed by atoms with Crippen molar-refractivity contribution in [3.63, 3.8) is 0 Å². The molecule has 7 heteroatoms. The normalized spacial score (nSPS) is 21.3. The SMILES string of the molecule is O=C(C1CCCOC1)N(CCO)CC(F)(F)F. The Kier molecular flexibility index (Phi) is 5.20. The van der Waals surface area contributed by atoms with E-state index in [-0.39, 0.29) is 13.2 Å². The lowest BCUT2D eigenvalue weighted by Gasteiger charge is -2.29. The highest BCUT2D eigenvalue weighted by atomic mass is 19.4. The average molecular weight is 255 g/mol. The molecule has 0 radical (unpaired) electrons. The minimum Gasteiger partial charge on any atom is -0.395 e. The Morgan fingerprint density at radius 3 is 2.65 bits per heavy atom. The summed E-state index contributed by atoms with van der Waals surface area (Å²) in [6, 6.07) is 0. The van der Waals surface area contributed by atoms with Gasteiger partial charge in [-0.05, 0) is 12.8 Å². The summed E-state index contributed by atoms with van der Waals surface area (Å²) >= 11 is 0. The Balaban J connectivity index is 2.58. The molecule has 0 saturated carbocycles. The quantitative estimate of drug-likeness (QED) is 0.808. The molecule has 1 amide bonds. The number of aliphatic hydroxyl groups is 1. The summed E-state index contributed by atoms with van der Waals surface area (Å²) in [5.74, 6) is -1.10. The van der Waals surface area contributed by atoms with E-state index in [1.165, 1.54) is 0 Å². The summed E-state index contributed by atoms with van der Waals surface area (Å²) in [6.07, 6.45) is -3.23. The van der Waals surface area contributed by atoms with Gasteiger partial charge in [0.25, 0.3) is 0 Å². The number of hydrogen-bond acceptors (Lipinski definition) is 3. The molecule has 1 N–H and O–H groups in total. The highest BCUT2D eigenvalue weighted by Gasteiger charge is 2.35. The van der Waals surface area contributed by atoms with Gasteiger partial charge in [0.2, 0.25) is 5.91 Å². The minimum absolute atomic E-state index is 0.165. The van der Waals surface area contributed by atoms with Crippen LogP contribution in [-0.2, 0) is 9.53 Å². The van der Waals surface area contributed by atoms with E-state index in [2.05, 4.69) is 0 Å². The topological polar surface area (TPSA) is 49.8 Å². The van der Waals surface area contributed by atoms with Gasteiger partial charge in [0, 0.05) is 13.2 Å². The van der Waals surface area contributed by atoms with Crippen molar-refractivity contribution in [2.24, 2.45) is 5.92 Å². The summed E-state index contributed by atoms with van der Waals surface area (Å²) in [5, 5.41) is 8.69. The van der Waals surface area contributed by atoms with Crippen molar-refractivity contribution in [1.29, 1.82) is 0 Å². The molecular weight excluding hydrogens is 239 g/mol. The van der Waals surface area contributed by atoms with E-state index in [1.807, 2.05) is 0 Å². The molecule has 4 nitrogen and oxygen atoms in total. The number of carbonyl (C=O) groups is 1. The lowest BCUT2D eigenvalue weighted by molar-refractivity contribution is -0.166. The smallest absolute Gasteiger partial charge is 0.395 e. The van der Waals surface area contributed by atoms with Crippen LogP contribution in [0.15, 0.2) is 0 Å². The van der Waals surface area contributed by atoms with Crippen LogP contribution in [0.3, 0.4) is 0 Å². The van der Waals surface area contributed by atoms with Gasteiger partial charge in [0.05, 0.1) is 19.1 Å². The number of amides is 1. The Morgan fingerprint density at radius 2 is 2.18 bits per heavy atom. The van der Waals surface area contributed by atoms with Crippen LogP contribution in [-0.4, -0.2) is 55.0 Å². The summed E-state index contributed by atoms with van der Waals surface area (Å²) < 4.78 is 41.8. The molecule has 1 fully saturated rings.